The molecular weight excluding hydrogens is 255 g/mol. The van der Waals surface area contributed by atoms with Gasteiger partial charge in [0.2, 0.25) is 0 Å². The molecule has 0 spiro atoms. The molecule has 1 heterocycles. The van der Waals surface area contributed by atoms with Gasteiger partial charge in [-0.1, -0.05) is 29.3 Å². The Kier molecular flexibility index (Phi) is 3.38. The molecule has 0 aromatic heterocycles. The van der Waals surface area contributed by atoms with E-state index in [2.05, 4.69) is 5.32 Å². The third-order valence-electron chi connectivity index (χ3n) is 2.88. The Balaban J connectivity index is 2.30. The van der Waals surface area contributed by atoms with Gasteiger partial charge in [-0.05, 0) is 25.1 Å². The Hall–Kier alpha value is -0.380. The van der Waals surface area contributed by atoms with Crippen LogP contribution in [-0.2, 0) is 5.92 Å². The van der Waals surface area contributed by atoms with E-state index >= 15 is 0 Å². The first-order chi connectivity index (χ1) is 7.51. The highest BCUT2D eigenvalue weighted by Gasteiger charge is 2.42. The van der Waals surface area contributed by atoms with Gasteiger partial charge in [-0.25, -0.2) is 8.78 Å². The monoisotopic (exact) mass is 265 g/mol. The average Bonchev–Trinajstić information content (AvgIpc) is 2.75. The highest BCUT2D eigenvalue weighted by Crippen LogP contribution is 2.40. The molecule has 1 nitrogen and oxygen atoms in total. The topological polar surface area (TPSA) is 12.0 Å². The van der Waals surface area contributed by atoms with Crippen LogP contribution >= 0.6 is 23.2 Å². The van der Waals surface area contributed by atoms with Gasteiger partial charge < -0.3 is 5.32 Å². The number of nitrogens with one attached hydrogen (secondary N) is 1. The van der Waals surface area contributed by atoms with Gasteiger partial charge in [0.15, 0.2) is 0 Å². The fourth-order valence-corrected chi connectivity index (χ4v) is 2.20. The van der Waals surface area contributed by atoms with Crippen LogP contribution in [0.2, 0.25) is 10.0 Å². The molecule has 1 aromatic rings. The van der Waals surface area contributed by atoms with Crippen LogP contribution in [0.25, 0.3) is 0 Å². The lowest BCUT2D eigenvalue weighted by Gasteiger charge is -2.23. The van der Waals surface area contributed by atoms with E-state index in [0.717, 1.165) is 0 Å². The molecular formula is C11H11Cl2F2N. The van der Waals surface area contributed by atoms with E-state index in [1.54, 1.807) is 0 Å². The molecule has 0 aliphatic carbocycles. The van der Waals surface area contributed by atoms with Crippen LogP contribution in [0.15, 0.2) is 18.2 Å². The molecule has 0 amide bonds. The largest absolute Gasteiger partial charge is 0.316 e. The number of rotatable bonds is 2. The second kappa shape index (κ2) is 4.47. The lowest BCUT2D eigenvalue weighted by Crippen LogP contribution is -2.27. The van der Waals surface area contributed by atoms with Gasteiger partial charge in [0.25, 0.3) is 5.92 Å². The summed E-state index contributed by atoms with van der Waals surface area (Å²) in [6.45, 7) is 0.981. The molecule has 0 saturated carbocycles. The number of alkyl halides is 2. The van der Waals surface area contributed by atoms with Gasteiger partial charge >= 0.3 is 0 Å². The first-order valence-electron chi connectivity index (χ1n) is 5.06. The van der Waals surface area contributed by atoms with Gasteiger partial charge in [-0.15, -0.1) is 0 Å². The quantitative estimate of drug-likeness (QED) is 0.860. The van der Waals surface area contributed by atoms with Crippen molar-refractivity contribution in [2.24, 2.45) is 5.92 Å². The Morgan fingerprint density at radius 2 is 2.00 bits per heavy atom. The SMILES string of the molecule is FC(F)(c1ccc(Cl)c(Cl)c1)C1CCNC1. The van der Waals surface area contributed by atoms with E-state index in [9.17, 15) is 8.78 Å². The number of halogens is 4. The van der Waals surface area contributed by atoms with Gasteiger partial charge in [0.1, 0.15) is 0 Å². The first kappa shape index (κ1) is 12.1. The molecule has 2 rings (SSSR count). The minimum atomic E-state index is -2.85. The molecule has 1 fully saturated rings. The van der Waals surface area contributed by atoms with Crippen LogP contribution in [0, 0.1) is 5.92 Å². The molecule has 1 saturated heterocycles. The van der Waals surface area contributed by atoms with Crippen molar-refractivity contribution < 1.29 is 8.78 Å². The summed E-state index contributed by atoms with van der Waals surface area (Å²) in [7, 11) is 0. The molecule has 1 aromatic carbocycles. The second-order valence-corrected chi connectivity index (χ2v) is 4.76. The summed E-state index contributed by atoms with van der Waals surface area (Å²) < 4.78 is 28.1. The maximum Gasteiger partial charge on any atom is 0.277 e. The summed E-state index contributed by atoms with van der Waals surface area (Å²) in [6.07, 6.45) is 0.479. The molecule has 0 bridgehead atoms. The van der Waals surface area contributed by atoms with Crippen molar-refractivity contribution in [1.29, 1.82) is 0 Å². The van der Waals surface area contributed by atoms with E-state index in [1.807, 2.05) is 0 Å². The van der Waals surface area contributed by atoms with Gasteiger partial charge in [0, 0.05) is 18.0 Å². The van der Waals surface area contributed by atoms with Crippen molar-refractivity contribution in [3.05, 3.63) is 33.8 Å². The third kappa shape index (κ3) is 2.17. The lowest BCUT2D eigenvalue weighted by atomic mass is 9.94. The van der Waals surface area contributed by atoms with Crippen molar-refractivity contribution in [1.82, 2.24) is 5.32 Å². The van der Waals surface area contributed by atoms with Crippen LogP contribution < -0.4 is 5.32 Å². The molecule has 5 heteroatoms. The number of hydrogen-bond acceptors (Lipinski definition) is 1. The zero-order chi connectivity index (χ0) is 11.8. The standard InChI is InChI=1S/C11H11Cl2F2N/c12-9-2-1-7(5-10(9)13)11(14,15)8-3-4-16-6-8/h1-2,5,8,16H,3-4,6H2. The van der Waals surface area contributed by atoms with Crippen molar-refractivity contribution in [2.45, 2.75) is 12.3 Å². The van der Waals surface area contributed by atoms with Crippen LogP contribution in [-0.4, -0.2) is 13.1 Å². The molecule has 88 valence electrons. The summed E-state index contributed by atoms with van der Waals surface area (Å²) in [4.78, 5) is 0. The normalized spacial score (nSPS) is 21.4. The zero-order valence-electron chi connectivity index (χ0n) is 8.44. The average molecular weight is 266 g/mol. The van der Waals surface area contributed by atoms with Crippen molar-refractivity contribution in [3.8, 4) is 0 Å². The van der Waals surface area contributed by atoms with Crippen LogP contribution in [0.3, 0.4) is 0 Å². The van der Waals surface area contributed by atoms with E-state index < -0.39 is 11.8 Å². The lowest BCUT2D eigenvalue weighted by molar-refractivity contribution is -0.0575. The Morgan fingerprint density at radius 1 is 1.25 bits per heavy atom. The first-order valence-corrected chi connectivity index (χ1v) is 5.81. The van der Waals surface area contributed by atoms with Crippen molar-refractivity contribution >= 4 is 23.2 Å². The molecule has 1 unspecified atom stereocenters. The maximum absolute atomic E-state index is 14.0. The van der Waals surface area contributed by atoms with E-state index in [0.29, 0.717) is 24.5 Å². The van der Waals surface area contributed by atoms with E-state index in [-0.39, 0.29) is 10.6 Å². The van der Waals surface area contributed by atoms with Gasteiger partial charge in [-0.3, -0.25) is 0 Å². The van der Waals surface area contributed by atoms with Crippen molar-refractivity contribution in [3.63, 3.8) is 0 Å². The minimum Gasteiger partial charge on any atom is -0.316 e. The molecule has 1 aliphatic heterocycles. The van der Waals surface area contributed by atoms with Crippen LogP contribution in [0.4, 0.5) is 8.78 Å². The fourth-order valence-electron chi connectivity index (χ4n) is 1.90. The summed E-state index contributed by atoms with van der Waals surface area (Å²) in [5.41, 5.74) is -0.0596. The highest BCUT2D eigenvalue weighted by atomic mass is 35.5. The second-order valence-electron chi connectivity index (χ2n) is 3.94. The Labute approximate surface area is 103 Å². The van der Waals surface area contributed by atoms with E-state index in [4.69, 9.17) is 23.2 Å². The highest BCUT2D eigenvalue weighted by molar-refractivity contribution is 6.42. The Bertz CT molecular complexity index is 390. The molecule has 1 aliphatic rings. The Morgan fingerprint density at radius 3 is 2.56 bits per heavy atom. The third-order valence-corrected chi connectivity index (χ3v) is 3.62. The van der Waals surface area contributed by atoms with Gasteiger partial charge in [-0.2, -0.15) is 0 Å². The number of benzene rings is 1. The minimum absolute atomic E-state index is 0.0596. The van der Waals surface area contributed by atoms with Crippen LogP contribution in [0.1, 0.15) is 12.0 Å². The predicted molar refractivity (Wildman–Crippen MR) is 61.3 cm³/mol. The maximum atomic E-state index is 14.0. The molecule has 1 N–H and O–H groups in total. The summed E-state index contributed by atoms with van der Waals surface area (Å²) in [5.74, 6) is -3.51. The molecule has 16 heavy (non-hydrogen) atoms. The van der Waals surface area contributed by atoms with E-state index in [1.165, 1.54) is 18.2 Å². The molecule has 1 atom stereocenters. The summed E-state index contributed by atoms with van der Waals surface area (Å²) >= 11 is 11.4. The fraction of sp³-hybridized carbons (Fsp3) is 0.455. The predicted octanol–water partition coefficient (Wildman–Crippen LogP) is 3.69. The van der Waals surface area contributed by atoms with Crippen LogP contribution in [0.5, 0.6) is 0 Å². The number of hydrogen-bond donors (Lipinski definition) is 1. The summed E-state index contributed by atoms with van der Waals surface area (Å²) in [6, 6.07) is 4.00. The summed E-state index contributed by atoms with van der Waals surface area (Å²) in [5, 5.41) is 3.40. The van der Waals surface area contributed by atoms with Crippen molar-refractivity contribution in [2.75, 3.05) is 13.1 Å². The molecule has 0 radical (unpaired) electrons. The van der Waals surface area contributed by atoms with Gasteiger partial charge in [0.05, 0.1) is 10.0 Å². The smallest absolute Gasteiger partial charge is 0.277 e. The zero-order valence-corrected chi connectivity index (χ0v) is 9.95.